The van der Waals surface area contributed by atoms with Crippen molar-refractivity contribution in [1.82, 2.24) is 18.8 Å². The smallest absolute Gasteiger partial charge is 0.243 e. The van der Waals surface area contributed by atoms with Crippen molar-refractivity contribution in [2.45, 2.75) is 23.5 Å². The molecule has 0 atom stereocenters. The summed E-state index contributed by atoms with van der Waals surface area (Å²) in [5.41, 5.74) is 1.44. The van der Waals surface area contributed by atoms with E-state index in [4.69, 9.17) is 4.74 Å². The Morgan fingerprint density at radius 3 is 2.55 bits per heavy atom. The number of morpholine rings is 1. The largest absolute Gasteiger partial charge is 0.379 e. The third kappa shape index (κ3) is 5.20. The predicted molar refractivity (Wildman–Crippen MR) is 123 cm³/mol. The van der Waals surface area contributed by atoms with E-state index in [1.54, 1.807) is 35.3 Å². The first kappa shape index (κ1) is 23.5. The van der Waals surface area contributed by atoms with Crippen molar-refractivity contribution in [2.24, 2.45) is 0 Å². The number of fused-ring (bicyclic) bond motifs is 1. The van der Waals surface area contributed by atoms with Gasteiger partial charge in [-0.15, -0.1) is 13.2 Å². The molecule has 1 amide bonds. The summed E-state index contributed by atoms with van der Waals surface area (Å²) in [6.07, 6.45) is 3.37. The first-order chi connectivity index (χ1) is 14.9. The van der Waals surface area contributed by atoms with Crippen molar-refractivity contribution in [1.29, 1.82) is 0 Å². The molecule has 3 rings (SSSR count). The molecule has 168 valence electrons. The number of benzene rings is 1. The van der Waals surface area contributed by atoms with Crippen LogP contribution >= 0.6 is 11.8 Å². The van der Waals surface area contributed by atoms with Crippen LogP contribution in [0.15, 0.2) is 53.6 Å². The number of aryl methyl sites for hydroxylation is 1. The van der Waals surface area contributed by atoms with Crippen molar-refractivity contribution < 1.29 is 17.9 Å². The van der Waals surface area contributed by atoms with Gasteiger partial charge in [-0.3, -0.25) is 4.79 Å². The first-order valence-corrected chi connectivity index (χ1v) is 12.6. The molecule has 0 aliphatic carbocycles. The predicted octanol–water partition coefficient (Wildman–Crippen LogP) is 2.37. The van der Waals surface area contributed by atoms with Crippen LogP contribution in [0.2, 0.25) is 0 Å². The molecule has 10 heteroatoms. The monoisotopic (exact) mass is 464 g/mol. The van der Waals surface area contributed by atoms with Gasteiger partial charge in [-0.05, 0) is 25.1 Å². The summed E-state index contributed by atoms with van der Waals surface area (Å²) in [6, 6.07) is 5.02. The van der Waals surface area contributed by atoms with Gasteiger partial charge in [-0.2, -0.15) is 4.31 Å². The van der Waals surface area contributed by atoms with Gasteiger partial charge in [0.05, 0.1) is 34.9 Å². The zero-order chi connectivity index (χ0) is 22.4. The summed E-state index contributed by atoms with van der Waals surface area (Å²) in [4.78, 5) is 19.1. The highest BCUT2D eigenvalue weighted by Crippen LogP contribution is 2.27. The molecule has 0 spiro atoms. The number of carbonyl (C=O) groups is 1. The second kappa shape index (κ2) is 10.4. The van der Waals surface area contributed by atoms with Gasteiger partial charge < -0.3 is 14.2 Å². The minimum Gasteiger partial charge on any atom is -0.379 e. The van der Waals surface area contributed by atoms with Crippen LogP contribution < -0.4 is 0 Å². The Balaban J connectivity index is 1.84. The van der Waals surface area contributed by atoms with Crippen molar-refractivity contribution in [3.63, 3.8) is 0 Å². The molecule has 31 heavy (non-hydrogen) atoms. The van der Waals surface area contributed by atoms with Crippen LogP contribution in [0.3, 0.4) is 0 Å². The number of hydrogen-bond donors (Lipinski definition) is 0. The lowest BCUT2D eigenvalue weighted by Crippen LogP contribution is -2.40. The number of imidazole rings is 1. The molecule has 1 saturated heterocycles. The highest BCUT2D eigenvalue weighted by molar-refractivity contribution is 7.99. The van der Waals surface area contributed by atoms with E-state index < -0.39 is 10.0 Å². The summed E-state index contributed by atoms with van der Waals surface area (Å²) in [6.45, 7) is 12.4. The maximum atomic E-state index is 13.0. The molecule has 1 aliphatic heterocycles. The Hall–Kier alpha value is -2.14. The number of carbonyl (C=O) groups excluding carboxylic acids is 1. The summed E-state index contributed by atoms with van der Waals surface area (Å²) in [7, 11) is -3.60. The lowest BCUT2D eigenvalue weighted by molar-refractivity contribution is -0.127. The first-order valence-electron chi connectivity index (χ1n) is 10.1. The molecule has 2 heterocycles. The van der Waals surface area contributed by atoms with Crippen molar-refractivity contribution in [3.8, 4) is 0 Å². The van der Waals surface area contributed by atoms with Crippen molar-refractivity contribution >= 4 is 38.7 Å². The fourth-order valence-corrected chi connectivity index (χ4v) is 5.82. The topological polar surface area (TPSA) is 84.7 Å². The molecule has 0 unspecified atom stereocenters. The van der Waals surface area contributed by atoms with Gasteiger partial charge in [-0.25, -0.2) is 13.4 Å². The zero-order valence-electron chi connectivity index (χ0n) is 17.7. The van der Waals surface area contributed by atoms with Gasteiger partial charge >= 0.3 is 0 Å². The fourth-order valence-electron chi connectivity index (χ4n) is 3.41. The van der Waals surface area contributed by atoms with E-state index in [1.165, 1.54) is 16.1 Å². The van der Waals surface area contributed by atoms with Gasteiger partial charge in [0.15, 0.2) is 5.16 Å². The van der Waals surface area contributed by atoms with E-state index in [9.17, 15) is 13.2 Å². The van der Waals surface area contributed by atoms with Crippen LogP contribution in [0.5, 0.6) is 0 Å². The van der Waals surface area contributed by atoms with E-state index in [0.29, 0.717) is 56.6 Å². The molecule has 0 radical (unpaired) electrons. The second-order valence-corrected chi connectivity index (χ2v) is 9.85. The van der Waals surface area contributed by atoms with Gasteiger partial charge in [0.1, 0.15) is 0 Å². The van der Waals surface area contributed by atoms with E-state index in [0.717, 1.165) is 5.52 Å². The molecular weight excluding hydrogens is 436 g/mol. The number of aromatic nitrogens is 2. The molecule has 8 nitrogen and oxygen atoms in total. The molecule has 1 aliphatic rings. The SMILES string of the molecule is C=CCN(CC=C)C(=O)CSc1nc2cc(S(=O)(=O)N3CCOCC3)ccc2n1CC. The van der Waals surface area contributed by atoms with Crippen molar-refractivity contribution in [2.75, 3.05) is 45.1 Å². The summed E-state index contributed by atoms with van der Waals surface area (Å²) in [5, 5.41) is 0.684. The molecule has 1 fully saturated rings. The van der Waals surface area contributed by atoms with E-state index >= 15 is 0 Å². The molecular formula is C21H28N4O4S2. The van der Waals surface area contributed by atoms with E-state index in [-0.39, 0.29) is 16.6 Å². The number of rotatable bonds is 10. The lowest BCUT2D eigenvalue weighted by atomic mass is 10.3. The van der Waals surface area contributed by atoms with Crippen molar-refractivity contribution in [3.05, 3.63) is 43.5 Å². The number of hydrogen-bond acceptors (Lipinski definition) is 6. The average molecular weight is 465 g/mol. The van der Waals surface area contributed by atoms with Gasteiger partial charge in [0.2, 0.25) is 15.9 Å². The normalized spacial score (nSPS) is 15.1. The van der Waals surface area contributed by atoms with Gasteiger partial charge in [0, 0.05) is 32.7 Å². The Kier molecular flexibility index (Phi) is 7.93. The summed E-state index contributed by atoms with van der Waals surface area (Å²) in [5.74, 6) is 0.194. The summed E-state index contributed by atoms with van der Waals surface area (Å²) < 4.78 is 34.6. The van der Waals surface area contributed by atoms with Crippen LogP contribution in [-0.4, -0.2) is 78.2 Å². The molecule has 1 aromatic heterocycles. The molecule has 0 bridgehead atoms. The van der Waals surface area contributed by atoms with E-state index in [2.05, 4.69) is 18.1 Å². The van der Waals surface area contributed by atoms with Crippen LogP contribution in [0.1, 0.15) is 6.92 Å². The standard InChI is InChI=1S/C21H28N4O4S2/c1-4-9-23(10-5-2)20(26)16-30-21-22-18-15-17(7-8-19(18)25(21)6-3)31(27,28)24-11-13-29-14-12-24/h4-5,7-8,15H,1-2,6,9-14,16H2,3H3. The van der Waals surface area contributed by atoms with E-state index in [1.807, 2.05) is 11.5 Å². The highest BCUT2D eigenvalue weighted by atomic mass is 32.2. The van der Waals surface area contributed by atoms with Crippen LogP contribution in [-0.2, 0) is 26.1 Å². The molecule has 1 aromatic carbocycles. The van der Waals surface area contributed by atoms with Crippen LogP contribution in [0.25, 0.3) is 11.0 Å². The molecule has 2 aromatic rings. The van der Waals surface area contributed by atoms with Gasteiger partial charge in [0.25, 0.3) is 0 Å². The van der Waals surface area contributed by atoms with Crippen LogP contribution in [0.4, 0.5) is 0 Å². The number of amides is 1. The third-order valence-corrected chi connectivity index (χ3v) is 7.84. The maximum Gasteiger partial charge on any atom is 0.243 e. The summed E-state index contributed by atoms with van der Waals surface area (Å²) >= 11 is 1.34. The third-order valence-electron chi connectivity index (χ3n) is 4.99. The average Bonchev–Trinajstić information content (AvgIpc) is 3.14. The molecule has 0 N–H and O–H groups in total. The lowest BCUT2D eigenvalue weighted by Gasteiger charge is -2.26. The molecule has 0 saturated carbocycles. The minimum atomic E-state index is -3.60. The van der Waals surface area contributed by atoms with Gasteiger partial charge in [-0.1, -0.05) is 23.9 Å². The number of ether oxygens (including phenoxy) is 1. The fraction of sp³-hybridized carbons (Fsp3) is 0.429. The Morgan fingerprint density at radius 1 is 1.26 bits per heavy atom. The number of thioether (sulfide) groups is 1. The Labute approximate surface area is 187 Å². The highest BCUT2D eigenvalue weighted by Gasteiger charge is 2.27. The Morgan fingerprint density at radius 2 is 1.94 bits per heavy atom. The Bertz CT molecular complexity index is 1050. The van der Waals surface area contributed by atoms with Crippen LogP contribution in [0, 0.1) is 0 Å². The number of sulfonamides is 1. The minimum absolute atomic E-state index is 0.0323. The number of nitrogens with zero attached hydrogens (tertiary/aromatic N) is 4. The quantitative estimate of drug-likeness (QED) is 0.396. The second-order valence-electron chi connectivity index (χ2n) is 6.97. The maximum absolute atomic E-state index is 13.0. The zero-order valence-corrected chi connectivity index (χ0v) is 19.3.